The van der Waals surface area contributed by atoms with Crippen LogP contribution in [-0.4, -0.2) is 12.1 Å². The molecule has 0 unspecified atom stereocenters. The fraction of sp³-hybridized carbons (Fsp3) is 0.0833. The Hall–Kier alpha value is -2.11. The molecule has 1 aromatic carbocycles. The standard InChI is InChI=1S/C12H7F4NO/c1-18-7-4-2-6(3-5-7)11-9(14)8(13)10(15)12(16)17-11/h2-5H,1H3. The molecule has 6 heteroatoms. The molecule has 0 aliphatic rings. The van der Waals surface area contributed by atoms with E-state index in [0.29, 0.717) is 5.75 Å². The summed E-state index contributed by atoms with van der Waals surface area (Å²) < 4.78 is 57.0. The van der Waals surface area contributed by atoms with Gasteiger partial charge < -0.3 is 4.74 Å². The number of rotatable bonds is 2. The van der Waals surface area contributed by atoms with Crippen molar-refractivity contribution >= 4 is 0 Å². The number of methoxy groups -OCH3 is 1. The van der Waals surface area contributed by atoms with Crippen molar-refractivity contribution in [2.45, 2.75) is 0 Å². The Bertz CT molecular complexity index is 584. The van der Waals surface area contributed by atoms with Gasteiger partial charge in [-0.3, -0.25) is 0 Å². The number of nitrogens with zero attached hydrogens (tertiary/aromatic N) is 1. The maximum atomic E-state index is 13.4. The number of pyridine rings is 1. The second-order valence-electron chi connectivity index (χ2n) is 3.42. The summed E-state index contributed by atoms with van der Waals surface area (Å²) in [5.41, 5.74) is -0.472. The quantitative estimate of drug-likeness (QED) is 0.608. The number of hydrogen-bond acceptors (Lipinski definition) is 2. The van der Waals surface area contributed by atoms with Crippen LogP contribution in [0, 0.1) is 23.4 Å². The van der Waals surface area contributed by atoms with E-state index in [1.54, 1.807) is 0 Å². The molecule has 2 aromatic rings. The molecule has 0 atom stereocenters. The van der Waals surface area contributed by atoms with Crippen LogP contribution in [0.15, 0.2) is 24.3 Å². The molecule has 0 aliphatic carbocycles. The highest BCUT2D eigenvalue weighted by Gasteiger charge is 2.21. The average molecular weight is 257 g/mol. The van der Waals surface area contributed by atoms with E-state index in [4.69, 9.17) is 4.74 Å². The zero-order valence-corrected chi connectivity index (χ0v) is 9.18. The number of halogens is 4. The van der Waals surface area contributed by atoms with Gasteiger partial charge in [0, 0.05) is 5.56 Å². The van der Waals surface area contributed by atoms with Gasteiger partial charge in [0.15, 0.2) is 5.82 Å². The molecule has 18 heavy (non-hydrogen) atoms. The summed E-state index contributed by atoms with van der Waals surface area (Å²) in [6, 6.07) is 5.66. The third-order valence-electron chi connectivity index (χ3n) is 2.35. The van der Waals surface area contributed by atoms with E-state index in [-0.39, 0.29) is 5.56 Å². The molecule has 0 aliphatic heterocycles. The highest BCUT2D eigenvalue weighted by molar-refractivity contribution is 5.60. The minimum absolute atomic E-state index is 0.117. The van der Waals surface area contributed by atoms with E-state index in [0.717, 1.165) is 0 Å². The molecule has 0 saturated carbocycles. The van der Waals surface area contributed by atoms with Gasteiger partial charge in [0.25, 0.3) is 5.95 Å². The molecule has 0 fully saturated rings. The average Bonchev–Trinajstić information content (AvgIpc) is 2.41. The summed E-state index contributed by atoms with van der Waals surface area (Å²) in [7, 11) is 1.44. The van der Waals surface area contributed by atoms with Gasteiger partial charge in [-0.25, -0.2) is 13.8 Å². The van der Waals surface area contributed by atoms with Crippen LogP contribution in [0.25, 0.3) is 11.3 Å². The third-order valence-corrected chi connectivity index (χ3v) is 2.35. The zero-order chi connectivity index (χ0) is 13.3. The van der Waals surface area contributed by atoms with Crippen LogP contribution in [0.3, 0.4) is 0 Å². The molecule has 1 aromatic heterocycles. The van der Waals surface area contributed by atoms with Crippen molar-refractivity contribution in [2.24, 2.45) is 0 Å². The van der Waals surface area contributed by atoms with Gasteiger partial charge in [-0.2, -0.15) is 8.78 Å². The third kappa shape index (κ3) is 2.01. The smallest absolute Gasteiger partial charge is 0.252 e. The predicted octanol–water partition coefficient (Wildman–Crippen LogP) is 3.31. The lowest BCUT2D eigenvalue weighted by Gasteiger charge is -2.06. The SMILES string of the molecule is COc1ccc(-c2nc(F)c(F)c(F)c2F)cc1. The Morgan fingerprint density at radius 1 is 0.889 bits per heavy atom. The van der Waals surface area contributed by atoms with Crippen molar-refractivity contribution in [1.29, 1.82) is 0 Å². The van der Waals surface area contributed by atoms with E-state index >= 15 is 0 Å². The topological polar surface area (TPSA) is 22.1 Å². The van der Waals surface area contributed by atoms with Crippen molar-refractivity contribution in [1.82, 2.24) is 4.98 Å². The Balaban J connectivity index is 2.56. The number of ether oxygens (including phenoxy) is 1. The summed E-state index contributed by atoms with van der Waals surface area (Å²) >= 11 is 0. The fourth-order valence-corrected chi connectivity index (χ4v) is 1.43. The Labute approximate surface area is 99.8 Å². The molecule has 0 amide bonds. The molecule has 0 bridgehead atoms. The number of aromatic nitrogens is 1. The zero-order valence-electron chi connectivity index (χ0n) is 9.18. The van der Waals surface area contributed by atoms with Crippen molar-refractivity contribution < 1.29 is 22.3 Å². The molecule has 0 N–H and O–H groups in total. The van der Waals surface area contributed by atoms with Crippen molar-refractivity contribution in [3.05, 3.63) is 47.7 Å². The highest BCUT2D eigenvalue weighted by Crippen LogP contribution is 2.26. The van der Waals surface area contributed by atoms with Crippen molar-refractivity contribution in [2.75, 3.05) is 7.11 Å². The number of benzene rings is 1. The summed E-state index contributed by atoms with van der Waals surface area (Å²) in [5.74, 6) is -6.53. The molecule has 0 saturated heterocycles. The molecular formula is C12H7F4NO. The first kappa shape index (κ1) is 12.3. The maximum Gasteiger partial charge on any atom is 0.252 e. The predicted molar refractivity (Wildman–Crippen MR) is 56.1 cm³/mol. The van der Waals surface area contributed by atoms with E-state index in [1.807, 2.05) is 0 Å². The summed E-state index contributed by atoms with van der Waals surface area (Å²) in [5, 5.41) is 0. The largest absolute Gasteiger partial charge is 0.497 e. The van der Waals surface area contributed by atoms with Crippen molar-refractivity contribution in [3.8, 4) is 17.0 Å². The minimum Gasteiger partial charge on any atom is -0.497 e. The second kappa shape index (κ2) is 4.64. The maximum absolute atomic E-state index is 13.4. The Morgan fingerprint density at radius 2 is 1.50 bits per heavy atom. The molecule has 1 heterocycles. The van der Waals surface area contributed by atoms with Crippen LogP contribution in [0.5, 0.6) is 5.75 Å². The van der Waals surface area contributed by atoms with Gasteiger partial charge >= 0.3 is 0 Å². The molecule has 2 rings (SSSR count). The number of hydrogen-bond donors (Lipinski definition) is 0. The van der Waals surface area contributed by atoms with Gasteiger partial charge in [-0.05, 0) is 24.3 Å². The lowest BCUT2D eigenvalue weighted by Crippen LogP contribution is -2.02. The lowest BCUT2D eigenvalue weighted by molar-refractivity contribution is 0.393. The molecule has 2 nitrogen and oxygen atoms in total. The molecule has 94 valence electrons. The van der Waals surface area contributed by atoms with Gasteiger partial charge in [0.05, 0.1) is 7.11 Å². The first-order chi connectivity index (χ1) is 8.54. The van der Waals surface area contributed by atoms with Crippen LogP contribution in [0.1, 0.15) is 0 Å². The normalized spacial score (nSPS) is 10.5. The van der Waals surface area contributed by atoms with Gasteiger partial charge in [-0.15, -0.1) is 0 Å². The van der Waals surface area contributed by atoms with E-state index < -0.39 is 29.1 Å². The lowest BCUT2D eigenvalue weighted by atomic mass is 10.1. The van der Waals surface area contributed by atoms with Crippen LogP contribution in [-0.2, 0) is 0 Å². The summed E-state index contributed by atoms with van der Waals surface area (Å²) in [6.45, 7) is 0. The fourth-order valence-electron chi connectivity index (χ4n) is 1.43. The Morgan fingerprint density at radius 3 is 2.06 bits per heavy atom. The van der Waals surface area contributed by atoms with Crippen LogP contribution in [0.2, 0.25) is 0 Å². The van der Waals surface area contributed by atoms with E-state index in [2.05, 4.69) is 4.98 Å². The van der Waals surface area contributed by atoms with Gasteiger partial charge in [0.2, 0.25) is 11.6 Å². The van der Waals surface area contributed by atoms with E-state index in [9.17, 15) is 17.6 Å². The monoisotopic (exact) mass is 257 g/mol. The second-order valence-corrected chi connectivity index (χ2v) is 3.42. The van der Waals surface area contributed by atoms with Crippen LogP contribution >= 0.6 is 0 Å². The van der Waals surface area contributed by atoms with Gasteiger partial charge in [-0.1, -0.05) is 0 Å². The molecule has 0 radical (unpaired) electrons. The summed E-state index contributed by atoms with van der Waals surface area (Å²) in [4.78, 5) is 3.06. The highest BCUT2D eigenvalue weighted by atomic mass is 19.2. The first-order valence-corrected chi connectivity index (χ1v) is 4.89. The van der Waals surface area contributed by atoms with Gasteiger partial charge in [0.1, 0.15) is 11.4 Å². The first-order valence-electron chi connectivity index (χ1n) is 4.89. The Kier molecular flexibility index (Phi) is 3.18. The molecular weight excluding hydrogens is 250 g/mol. The van der Waals surface area contributed by atoms with Crippen LogP contribution in [0.4, 0.5) is 17.6 Å². The summed E-state index contributed by atoms with van der Waals surface area (Å²) in [6.07, 6.45) is 0. The molecule has 0 spiro atoms. The van der Waals surface area contributed by atoms with Crippen LogP contribution < -0.4 is 4.74 Å². The minimum atomic E-state index is -1.93. The van der Waals surface area contributed by atoms with E-state index in [1.165, 1.54) is 31.4 Å². The van der Waals surface area contributed by atoms with Crippen molar-refractivity contribution in [3.63, 3.8) is 0 Å².